The second-order valence-electron chi connectivity index (χ2n) is 1.33. The first-order valence-corrected chi connectivity index (χ1v) is 3.94. The third-order valence-electron chi connectivity index (χ3n) is 0.622. The number of hydrogen-bond donors (Lipinski definition) is 1. The van der Waals surface area contributed by atoms with Gasteiger partial charge in [0.25, 0.3) is 0 Å². The minimum Gasteiger partial charge on any atom is -0.368 e. The van der Waals surface area contributed by atoms with Crippen molar-refractivity contribution >= 4 is 29.3 Å². The number of primary amides is 1. The van der Waals surface area contributed by atoms with Crippen LogP contribution in [0.4, 0.5) is 0 Å². The zero-order chi connectivity index (χ0) is 6.57. The molecule has 0 aromatic rings. The quantitative estimate of drug-likeness (QED) is 0.598. The molecule has 0 aromatic heterocycles. The highest BCUT2D eigenvalue weighted by Crippen LogP contribution is 2.02. The van der Waals surface area contributed by atoms with Gasteiger partial charge >= 0.3 is 0 Å². The van der Waals surface area contributed by atoms with Gasteiger partial charge in [-0.2, -0.15) is 11.8 Å². The molecular formula is C4H8ClNOS. The summed E-state index contributed by atoms with van der Waals surface area (Å²) in [4.78, 5) is 10.2. The maximum absolute atomic E-state index is 10.2. The Morgan fingerprint density at radius 2 is 2.50 bits per heavy atom. The molecule has 0 saturated carbocycles. The van der Waals surface area contributed by atoms with Crippen molar-refractivity contribution in [3.05, 3.63) is 0 Å². The Hall–Kier alpha value is 0.110. The summed E-state index contributed by atoms with van der Waals surface area (Å²) in [6.45, 7) is 0. The van der Waals surface area contributed by atoms with Gasteiger partial charge in [-0.25, -0.2) is 0 Å². The van der Waals surface area contributed by atoms with E-state index < -0.39 is 11.3 Å². The molecule has 1 unspecified atom stereocenters. The van der Waals surface area contributed by atoms with Crippen molar-refractivity contribution in [2.24, 2.45) is 5.73 Å². The number of thioether (sulfide) groups is 1. The van der Waals surface area contributed by atoms with Crippen LogP contribution in [0.5, 0.6) is 0 Å². The average molecular weight is 154 g/mol. The van der Waals surface area contributed by atoms with Gasteiger partial charge in [-0.05, 0) is 6.26 Å². The number of hydrogen-bond acceptors (Lipinski definition) is 2. The molecule has 1 amide bonds. The van der Waals surface area contributed by atoms with Crippen LogP contribution in [0.1, 0.15) is 0 Å². The molecule has 8 heavy (non-hydrogen) atoms. The van der Waals surface area contributed by atoms with E-state index in [9.17, 15) is 4.79 Å². The molecule has 0 heterocycles. The third kappa shape index (κ3) is 3.16. The fourth-order valence-electron chi connectivity index (χ4n) is 0.228. The van der Waals surface area contributed by atoms with Gasteiger partial charge in [0, 0.05) is 5.75 Å². The number of nitrogens with two attached hydrogens (primary N) is 1. The first kappa shape index (κ1) is 8.11. The summed E-state index contributed by atoms with van der Waals surface area (Å²) >= 11 is 6.93. The van der Waals surface area contributed by atoms with Crippen LogP contribution in [-0.4, -0.2) is 23.3 Å². The van der Waals surface area contributed by atoms with E-state index in [1.54, 1.807) is 0 Å². The van der Waals surface area contributed by atoms with E-state index >= 15 is 0 Å². The van der Waals surface area contributed by atoms with Crippen molar-refractivity contribution in [1.29, 1.82) is 0 Å². The van der Waals surface area contributed by atoms with Gasteiger partial charge in [0.05, 0.1) is 0 Å². The topological polar surface area (TPSA) is 43.1 Å². The number of carbonyl (C=O) groups is 1. The highest BCUT2D eigenvalue weighted by Gasteiger charge is 2.08. The van der Waals surface area contributed by atoms with Gasteiger partial charge in [-0.15, -0.1) is 11.6 Å². The van der Waals surface area contributed by atoms with Crippen LogP contribution < -0.4 is 5.73 Å². The summed E-state index contributed by atoms with van der Waals surface area (Å²) in [6.07, 6.45) is 1.87. The van der Waals surface area contributed by atoms with Crippen LogP contribution in [-0.2, 0) is 4.79 Å². The van der Waals surface area contributed by atoms with E-state index in [1.165, 1.54) is 11.8 Å². The Labute approximate surface area is 57.8 Å². The number of amides is 1. The van der Waals surface area contributed by atoms with E-state index in [2.05, 4.69) is 0 Å². The summed E-state index contributed by atoms with van der Waals surface area (Å²) in [5, 5.41) is -0.509. The molecule has 2 nitrogen and oxygen atoms in total. The molecule has 0 aliphatic rings. The standard InChI is InChI=1S/C4H8ClNOS/c1-8-2-3(5)4(6)7/h3H,2H2,1H3,(H2,6,7). The zero-order valence-corrected chi connectivity index (χ0v) is 6.13. The van der Waals surface area contributed by atoms with Crippen molar-refractivity contribution in [2.45, 2.75) is 5.38 Å². The molecule has 0 radical (unpaired) electrons. The molecule has 0 fully saturated rings. The van der Waals surface area contributed by atoms with Gasteiger partial charge in [-0.1, -0.05) is 0 Å². The van der Waals surface area contributed by atoms with Crippen LogP contribution in [0.2, 0.25) is 0 Å². The molecule has 0 saturated heterocycles. The van der Waals surface area contributed by atoms with Crippen LogP contribution in [0, 0.1) is 0 Å². The van der Waals surface area contributed by atoms with Crippen molar-refractivity contribution in [1.82, 2.24) is 0 Å². The molecule has 2 N–H and O–H groups in total. The summed E-state index contributed by atoms with van der Waals surface area (Å²) in [6, 6.07) is 0. The molecular weight excluding hydrogens is 146 g/mol. The van der Waals surface area contributed by atoms with Gasteiger partial charge in [0.2, 0.25) is 5.91 Å². The van der Waals surface area contributed by atoms with Crippen molar-refractivity contribution in [3.63, 3.8) is 0 Å². The molecule has 0 aromatic carbocycles. The Morgan fingerprint density at radius 1 is 2.00 bits per heavy atom. The second-order valence-corrected chi connectivity index (χ2v) is 2.76. The minimum atomic E-state index is -0.509. The van der Waals surface area contributed by atoms with Crippen molar-refractivity contribution < 1.29 is 4.79 Å². The molecule has 4 heteroatoms. The lowest BCUT2D eigenvalue weighted by molar-refractivity contribution is -0.117. The first-order valence-electron chi connectivity index (χ1n) is 2.10. The van der Waals surface area contributed by atoms with E-state index in [1.807, 2.05) is 6.26 Å². The van der Waals surface area contributed by atoms with Gasteiger partial charge < -0.3 is 5.73 Å². The number of carbonyl (C=O) groups excluding carboxylic acids is 1. The maximum Gasteiger partial charge on any atom is 0.236 e. The summed E-state index contributed by atoms with van der Waals surface area (Å²) < 4.78 is 0. The number of rotatable bonds is 3. The highest BCUT2D eigenvalue weighted by molar-refractivity contribution is 7.98. The zero-order valence-electron chi connectivity index (χ0n) is 4.56. The first-order chi connectivity index (χ1) is 3.68. The van der Waals surface area contributed by atoms with Gasteiger partial charge in [0.15, 0.2) is 0 Å². The molecule has 0 rings (SSSR count). The fourth-order valence-corrected chi connectivity index (χ4v) is 1.06. The average Bonchev–Trinajstić information content (AvgIpc) is 1.67. The maximum atomic E-state index is 10.2. The van der Waals surface area contributed by atoms with Crippen molar-refractivity contribution in [3.8, 4) is 0 Å². The molecule has 0 aliphatic carbocycles. The molecule has 0 aliphatic heterocycles. The van der Waals surface area contributed by atoms with E-state index in [4.69, 9.17) is 17.3 Å². The predicted molar refractivity (Wildman–Crippen MR) is 37.2 cm³/mol. The summed E-state index contributed by atoms with van der Waals surface area (Å²) in [7, 11) is 0. The monoisotopic (exact) mass is 153 g/mol. The fraction of sp³-hybridized carbons (Fsp3) is 0.750. The van der Waals surface area contributed by atoms with E-state index in [-0.39, 0.29) is 0 Å². The predicted octanol–water partition coefficient (Wildman–Crippen LogP) is 0.442. The lowest BCUT2D eigenvalue weighted by Crippen LogP contribution is -2.25. The van der Waals surface area contributed by atoms with Crippen molar-refractivity contribution in [2.75, 3.05) is 12.0 Å². The second kappa shape index (κ2) is 4.04. The Balaban J connectivity index is 3.32. The largest absolute Gasteiger partial charge is 0.368 e. The Morgan fingerprint density at radius 3 is 2.62 bits per heavy atom. The molecule has 0 bridgehead atoms. The molecule has 1 atom stereocenters. The van der Waals surface area contributed by atoms with Crippen LogP contribution in [0.25, 0.3) is 0 Å². The number of alkyl halides is 1. The minimum absolute atomic E-state index is 0.444. The van der Waals surface area contributed by atoms with Gasteiger partial charge in [-0.3, -0.25) is 4.79 Å². The SMILES string of the molecule is CSCC(Cl)C(N)=O. The lowest BCUT2D eigenvalue weighted by Gasteiger charge is -1.98. The Kier molecular flexibility index (Phi) is 4.09. The van der Waals surface area contributed by atoms with Crippen LogP contribution >= 0.6 is 23.4 Å². The molecule has 48 valence electrons. The van der Waals surface area contributed by atoms with Crippen LogP contribution in [0.15, 0.2) is 0 Å². The smallest absolute Gasteiger partial charge is 0.236 e. The van der Waals surface area contributed by atoms with Gasteiger partial charge in [0.1, 0.15) is 5.38 Å². The summed E-state index contributed by atoms with van der Waals surface area (Å²) in [5.41, 5.74) is 4.84. The third-order valence-corrected chi connectivity index (χ3v) is 1.84. The van der Waals surface area contributed by atoms with E-state index in [0.29, 0.717) is 5.75 Å². The van der Waals surface area contributed by atoms with Crippen LogP contribution in [0.3, 0.4) is 0 Å². The highest BCUT2D eigenvalue weighted by atomic mass is 35.5. The lowest BCUT2D eigenvalue weighted by atomic mass is 10.5. The van der Waals surface area contributed by atoms with E-state index in [0.717, 1.165) is 0 Å². The molecule has 0 spiro atoms. The normalized spacial score (nSPS) is 13.2. The summed E-state index contributed by atoms with van der Waals surface area (Å²) in [5.74, 6) is 0.151. The number of halogens is 1. The Bertz CT molecular complexity index is 88.1.